The fourth-order valence-corrected chi connectivity index (χ4v) is 1.65. The van der Waals surface area contributed by atoms with Gasteiger partial charge in [0.05, 0.1) is 0 Å². The maximum absolute atomic E-state index is 3.26. The van der Waals surface area contributed by atoms with Crippen LogP contribution in [0.1, 0.15) is 6.42 Å². The van der Waals surface area contributed by atoms with E-state index in [-0.39, 0.29) is 76.2 Å². The molecule has 0 atom stereocenters. The summed E-state index contributed by atoms with van der Waals surface area (Å²) in [6.07, 6.45) is 8.59. The summed E-state index contributed by atoms with van der Waals surface area (Å²) in [5, 5.41) is 0. The molecule has 1 aromatic rings. The van der Waals surface area contributed by atoms with Crippen LogP contribution in [0.25, 0.3) is 0 Å². The fourth-order valence-electron chi connectivity index (χ4n) is 1.10. The van der Waals surface area contributed by atoms with Crippen LogP contribution < -0.4 is 24.8 Å². The molecule has 0 unspecified atom stereocenters. The maximum Gasteiger partial charge on any atom is 2.00 e. The van der Waals surface area contributed by atoms with E-state index in [4.69, 9.17) is 0 Å². The Morgan fingerprint density at radius 2 is 1.45 bits per heavy atom. The number of rotatable bonds is 1. The molecule has 0 fully saturated rings. The topological polar surface area (TPSA) is 0 Å². The van der Waals surface area contributed by atoms with Crippen LogP contribution in [0.3, 0.4) is 0 Å². The van der Waals surface area contributed by atoms with Gasteiger partial charge >= 0.3 is 21.7 Å². The van der Waals surface area contributed by atoms with E-state index in [0.717, 1.165) is 14.6 Å². The van der Waals surface area contributed by atoms with Gasteiger partial charge in [0.15, 0.2) is 0 Å². The quantitative estimate of drug-likeness (QED) is 0.463. The van der Waals surface area contributed by atoms with Crippen molar-refractivity contribution >= 4 is 14.9 Å². The smallest absolute Gasteiger partial charge is 1.00 e. The number of hydrogen-bond donors (Lipinski definition) is 0. The summed E-state index contributed by atoms with van der Waals surface area (Å²) in [5.74, 6) is 4.31. The van der Waals surface area contributed by atoms with Gasteiger partial charge < -0.3 is 54.5 Å². The molecule has 1 aromatic heterocycles. The molecule has 0 amide bonds. The van der Waals surface area contributed by atoms with Crippen LogP contribution in [0.5, 0.6) is 0 Å². The summed E-state index contributed by atoms with van der Waals surface area (Å²) in [6.45, 7) is 5.05. The Bertz CT molecular complexity index is 269. The third kappa shape index (κ3) is 20.9. The van der Waals surface area contributed by atoms with Crippen molar-refractivity contribution < 1.29 is 46.5 Å². The SMILES string of the molecule is CB(C)C1=[C-]CC=C1.[CH3-].[CH3-].[CH3-].[CH3-].[Cl-].[Cl-].[Ti+2].c1cc[pH]c1. The van der Waals surface area contributed by atoms with Gasteiger partial charge in [-0.3, -0.25) is 11.5 Å². The van der Waals surface area contributed by atoms with E-state index >= 15 is 0 Å². The fraction of sp³-hybridized carbons (Fsp3) is 0.200. The summed E-state index contributed by atoms with van der Waals surface area (Å²) < 4.78 is 0. The van der Waals surface area contributed by atoms with Crippen LogP contribution in [-0.2, 0) is 21.7 Å². The van der Waals surface area contributed by atoms with Gasteiger partial charge in [-0.15, -0.1) is 14.6 Å². The molecule has 0 saturated carbocycles. The third-order valence-corrected chi connectivity index (χ3v) is 2.61. The predicted molar refractivity (Wildman–Crippen MR) is 89.6 cm³/mol. The van der Waals surface area contributed by atoms with Crippen molar-refractivity contribution in [3.8, 4) is 0 Å². The van der Waals surface area contributed by atoms with E-state index < -0.39 is 0 Å². The molecule has 1 heterocycles. The minimum atomic E-state index is 0. The van der Waals surface area contributed by atoms with Crippen LogP contribution in [0.4, 0.5) is 0 Å². The van der Waals surface area contributed by atoms with E-state index in [0.29, 0.717) is 6.71 Å². The van der Waals surface area contributed by atoms with Gasteiger partial charge in [0.25, 0.3) is 0 Å². The second-order valence-corrected chi connectivity index (χ2v) is 4.28. The summed E-state index contributed by atoms with van der Waals surface area (Å²) in [4.78, 5) is 0. The third-order valence-electron chi connectivity index (χ3n) is 1.84. The second kappa shape index (κ2) is 27.9. The van der Waals surface area contributed by atoms with Gasteiger partial charge in [0.2, 0.25) is 0 Å². The van der Waals surface area contributed by atoms with Crippen molar-refractivity contribution in [2.75, 3.05) is 0 Å². The summed E-state index contributed by atoms with van der Waals surface area (Å²) >= 11 is 0. The van der Waals surface area contributed by atoms with Gasteiger partial charge in [-0.25, -0.2) is 6.08 Å². The van der Waals surface area contributed by atoms with Crippen molar-refractivity contribution in [3.63, 3.8) is 0 Å². The van der Waals surface area contributed by atoms with E-state index in [1.54, 1.807) is 0 Å². The van der Waals surface area contributed by atoms with Crippen LogP contribution in [-0.4, -0.2) is 6.71 Å². The summed E-state index contributed by atoms with van der Waals surface area (Å²) in [6, 6.07) is 4.14. The molecule has 2 rings (SSSR count). The number of allylic oxidation sites excluding steroid dienone is 4. The Kier molecular flexibility index (Phi) is 59.6. The molecule has 118 valence electrons. The Balaban J connectivity index is -0.0000000260. The van der Waals surface area contributed by atoms with Crippen molar-refractivity contribution in [1.29, 1.82) is 0 Å². The van der Waals surface area contributed by atoms with E-state index in [1.165, 1.54) is 5.47 Å². The molecule has 1 aliphatic carbocycles. The summed E-state index contributed by atoms with van der Waals surface area (Å²) in [7, 11) is 0.948. The van der Waals surface area contributed by atoms with Crippen molar-refractivity contribution in [2.24, 2.45) is 0 Å². The maximum atomic E-state index is 3.26. The monoisotopic (exact) mass is 367 g/mol. The first-order chi connectivity index (χ1) is 6.30. The van der Waals surface area contributed by atoms with E-state index in [2.05, 4.69) is 55.6 Å². The minimum absolute atomic E-state index is 0. The van der Waals surface area contributed by atoms with Gasteiger partial charge in [0.1, 0.15) is 6.71 Å². The zero-order valence-corrected chi connectivity index (χ0v) is 17.6. The van der Waals surface area contributed by atoms with E-state index in [9.17, 15) is 0 Å². The molecule has 0 aliphatic heterocycles. The van der Waals surface area contributed by atoms with Gasteiger partial charge in [-0.2, -0.15) is 6.08 Å². The van der Waals surface area contributed by atoms with Gasteiger partial charge in [-0.1, -0.05) is 25.8 Å². The molecule has 0 spiro atoms. The molecule has 0 aromatic carbocycles. The van der Waals surface area contributed by atoms with Crippen LogP contribution >= 0.6 is 8.19 Å². The Hall–Kier alpha value is 0.619. The average molecular weight is 368 g/mol. The van der Waals surface area contributed by atoms with Crippen molar-refractivity contribution in [2.45, 2.75) is 20.1 Å². The first kappa shape index (κ1) is 42.8. The molecule has 1 aliphatic rings. The molecule has 0 saturated heterocycles. The molecule has 0 nitrogen and oxygen atoms in total. The second-order valence-electron chi connectivity index (χ2n) is 3.28. The number of hydrogen-bond acceptors (Lipinski definition) is 0. The zero-order valence-electron chi connectivity index (χ0n) is 13.5. The van der Waals surface area contributed by atoms with Crippen LogP contribution in [0, 0.1) is 35.8 Å². The van der Waals surface area contributed by atoms with Gasteiger partial charge in [-0.05, 0) is 11.6 Å². The Morgan fingerprint density at radius 1 is 1.00 bits per heavy atom. The molecule has 0 bridgehead atoms. The first-order valence-corrected chi connectivity index (χ1v) is 5.81. The standard InChI is InChI=1S/C7H10B.C4H5P.4CH3.2ClH.Ti/c1-8(2)7-5-3-4-6-7;1-2-4-5-3-1;;;;;;;/h3,5H,4H2,1-2H3;1-5H;4*1H3;2*1H;/q-1;;4*-1;;;+2/p-2. The average Bonchev–Trinajstić information content (AvgIpc) is 2.82. The largest absolute Gasteiger partial charge is 2.00 e. The van der Waals surface area contributed by atoms with Crippen LogP contribution in [0.15, 0.2) is 41.4 Å². The summed E-state index contributed by atoms with van der Waals surface area (Å²) in [5.41, 5.74) is 1.37. The Labute approximate surface area is 158 Å². The van der Waals surface area contributed by atoms with Gasteiger partial charge in [0, 0.05) is 0 Å². The van der Waals surface area contributed by atoms with Crippen molar-refractivity contribution in [3.05, 3.63) is 77.1 Å². The number of halogens is 2. The zero-order chi connectivity index (χ0) is 9.52. The molecular formula is C15H27BCl2PTi-5. The molecule has 5 heteroatoms. The van der Waals surface area contributed by atoms with E-state index in [1.807, 2.05) is 0 Å². The van der Waals surface area contributed by atoms with Crippen LogP contribution in [0.2, 0.25) is 13.6 Å². The normalized spacial score (nSPS) is 8.60. The molecule has 0 N–H and O–H groups in total. The first-order valence-electron chi connectivity index (χ1n) is 4.65. The molecular weight excluding hydrogens is 341 g/mol. The molecule has 20 heavy (non-hydrogen) atoms. The molecule has 0 radical (unpaired) electrons. The van der Waals surface area contributed by atoms with Crippen molar-refractivity contribution in [1.82, 2.24) is 0 Å². The minimum Gasteiger partial charge on any atom is -1.00 e. The predicted octanol–water partition coefficient (Wildman–Crippen LogP) is -0.506. The Morgan fingerprint density at radius 3 is 1.60 bits per heavy atom.